The molecule has 1 atom stereocenters. The Morgan fingerprint density at radius 1 is 1.25 bits per heavy atom. The number of nitrogens with zero attached hydrogens (tertiary/aromatic N) is 1. The quantitative estimate of drug-likeness (QED) is 0.590. The van der Waals surface area contributed by atoms with Gasteiger partial charge >= 0.3 is 0 Å². The molecule has 0 saturated carbocycles. The predicted octanol–water partition coefficient (Wildman–Crippen LogP) is 3.02. The van der Waals surface area contributed by atoms with Crippen LogP contribution in [-0.4, -0.2) is 11.0 Å². The van der Waals surface area contributed by atoms with Gasteiger partial charge in [-0.1, -0.05) is 18.2 Å². The second-order valence-electron chi connectivity index (χ2n) is 2.92. The molecule has 1 aromatic heterocycles. The van der Waals surface area contributed by atoms with Crippen molar-refractivity contribution < 1.29 is 0 Å². The van der Waals surface area contributed by atoms with E-state index in [9.17, 15) is 0 Å². The summed E-state index contributed by atoms with van der Waals surface area (Å²) in [6.07, 6.45) is 2.23. The average Bonchev–Trinajstić information content (AvgIpc) is 2.44. The van der Waals surface area contributed by atoms with Crippen molar-refractivity contribution in [3.05, 3.63) is 36.0 Å². The van der Waals surface area contributed by atoms with Crippen molar-refractivity contribution in [2.24, 2.45) is 0 Å². The lowest BCUT2D eigenvalue weighted by molar-refractivity contribution is 1.31. The Morgan fingerprint density at radius 3 is 2.75 bits per heavy atom. The molecule has 0 aliphatic heterocycles. The number of aromatic nitrogens is 1. The van der Waals surface area contributed by atoms with Gasteiger partial charge in [0.05, 0.1) is 5.52 Å². The molecule has 2 aromatic rings. The van der Waals surface area contributed by atoms with Crippen LogP contribution in [0, 0.1) is 6.92 Å². The summed E-state index contributed by atoms with van der Waals surface area (Å²) in [5.41, 5.74) is 2.73. The van der Waals surface area contributed by atoms with E-state index in [0.717, 1.165) is 8.73 Å². The largest absolute Gasteiger partial charge is 0.329 e. The van der Waals surface area contributed by atoms with Gasteiger partial charge in [0.2, 0.25) is 0 Å². The van der Waals surface area contributed by atoms with E-state index in [2.05, 4.69) is 48.4 Å². The highest BCUT2D eigenvalue weighted by molar-refractivity contribution is 7.35. The van der Waals surface area contributed by atoms with E-state index in [4.69, 9.17) is 0 Å². The molecule has 0 amide bonds. The second-order valence-corrected chi connectivity index (χ2v) is 3.85. The van der Waals surface area contributed by atoms with Crippen LogP contribution < -0.4 is 0 Å². The molecule has 0 N–H and O–H groups in total. The molecule has 12 heavy (non-hydrogen) atoms. The molecular weight excluding hydrogens is 165 g/mol. The lowest BCUT2D eigenvalue weighted by Gasteiger charge is -1.97. The van der Waals surface area contributed by atoms with Gasteiger partial charge in [0.15, 0.2) is 0 Å². The van der Waals surface area contributed by atoms with Gasteiger partial charge in [-0.25, -0.2) is 0 Å². The normalized spacial score (nSPS) is 11.8. The third-order valence-corrected chi connectivity index (χ3v) is 3.00. The first-order valence-electron chi connectivity index (χ1n) is 4.07. The molecule has 0 aliphatic carbocycles. The minimum atomic E-state index is 0.821. The van der Waals surface area contributed by atoms with Crippen LogP contribution in [0.5, 0.6) is 0 Å². The maximum Gasteiger partial charge on any atom is 0.0514 e. The number of hydrogen-bond acceptors (Lipinski definition) is 0. The van der Waals surface area contributed by atoms with Crippen molar-refractivity contribution in [3.63, 3.8) is 0 Å². The van der Waals surface area contributed by atoms with Crippen LogP contribution in [0.25, 0.3) is 10.9 Å². The van der Waals surface area contributed by atoms with Gasteiger partial charge in [-0.2, -0.15) is 0 Å². The van der Waals surface area contributed by atoms with Crippen molar-refractivity contribution in [1.82, 2.24) is 4.34 Å². The molecule has 0 spiro atoms. The lowest BCUT2D eigenvalue weighted by atomic mass is 10.2. The fraction of sp³-hybridized carbons (Fsp3) is 0.200. The van der Waals surface area contributed by atoms with Crippen LogP contribution in [0.4, 0.5) is 0 Å². The van der Waals surface area contributed by atoms with Crippen LogP contribution in [0.15, 0.2) is 30.5 Å². The average molecular weight is 177 g/mol. The summed E-state index contributed by atoms with van der Waals surface area (Å²) >= 11 is 0. The van der Waals surface area contributed by atoms with Gasteiger partial charge in [-0.15, -0.1) is 0 Å². The molecule has 1 unspecified atom stereocenters. The van der Waals surface area contributed by atoms with Crippen LogP contribution in [0.3, 0.4) is 0 Å². The zero-order chi connectivity index (χ0) is 8.55. The molecule has 0 saturated heterocycles. The minimum absolute atomic E-state index is 0.821. The fourth-order valence-corrected chi connectivity index (χ4v) is 2.29. The van der Waals surface area contributed by atoms with Crippen molar-refractivity contribution in [3.8, 4) is 0 Å². The SMILES string of the molecule is CPn1cc(C)c2ccccc21. The molecule has 2 rings (SSSR count). The van der Waals surface area contributed by atoms with Crippen molar-refractivity contribution in [2.45, 2.75) is 6.92 Å². The third-order valence-electron chi connectivity index (χ3n) is 2.15. The topological polar surface area (TPSA) is 4.93 Å². The highest BCUT2D eigenvalue weighted by Gasteiger charge is 2.01. The molecule has 62 valence electrons. The third kappa shape index (κ3) is 1.05. The highest BCUT2D eigenvalue weighted by atomic mass is 31.1. The summed E-state index contributed by atoms with van der Waals surface area (Å²) < 4.78 is 2.31. The first kappa shape index (κ1) is 7.82. The number of para-hydroxylation sites is 1. The maximum absolute atomic E-state index is 2.31. The van der Waals surface area contributed by atoms with Crippen molar-refractivity contribution >= 4 is 19.6 Å². The zero-order valence-corrected chi connectivity index (χ0v) is 8.33. The van der Waals surface area contributed by atoms with Crippen LogP contribution in [-0.2, 0) is 0 Å². The van der Waals surface area contributed by atoms with E-state index in [1.54, 1.807) is 0 Å². The molecule has 0 radical (unpaired) electrons. The van der Waals surface area contributed by atoms with Gasteiger partial charge in [-0.05, 0) is 33.9 Å². The van der Waals surface area contributed by atoms with E-state index >= 15 is 0 Å². The Balaban J connectivity index is 2.82. The monoisotopic (exact) mass is 177 g/mol. The van der Waals surface area contributed by atoms with Gasteiger partial charge in [0.25, 0.3) is 0 Å². The van der Waals surface area contributed by atoms with Crippen molar-refractivity contribution in [1.29, 1.82) is 0 Å². The minimum Gasteiger partial charge on any atom is -0.329 e. The summed E-state index contributed by atoms with van der Waals surface area (Å²) in [7, 11) is 0.821. The Labute approximate surface area is 74.2 Å². The first-order valence-corrected chi connectivity index (χ1v) is 5.52. The maximum atomic E-state index is 2.31. The Morgan fingerprint density at radius 2 is 2.00 bits per heavy atom. The van der Waals surface area contributed by atoms with E-state index in [-0.39, 0.29) is 0 Å². The fourth-order valence-electron chi connectivity index (χ4n) is 1.53. The standard InChI is InChI=1S/C10H12NP/c1-8-7-11(12-2)10-6-4-3-5-9(8)10/h3-7,12H,1-2H3. The second kappa shape index (κ2) is 2.91. The van der Waals surface area contributed by atoms with Gasteiger partial charge in [0.1, 0.15) is 0 Å². The Kier molecular flexibility index (Phi) is 1.90. The Hall–Kier alpha value is -0.810. The molecular formula is C10H12NP. The summed E-state index contributed by atoms with van der Waals surface area (Å²) in [6.45, 7) is 4.37. The Bertz CT molecular complexity index is 403. The summed E-state index contributed by atoms with van der Waals surface area (Å²) in [5, 5.41) is 1.38. The zero-order valence-electron chi connectivity index (χ0n) is 7.33. The smallest absolute Gasteiger partial charge is 0.0514 e. The molecule has 1 heterocycles. The number of aryl methyl sites for hydroxylation is 1. The van der Waals surface area contributed by atoms with Crippen molar-refractivity contribution in [2.75, 3.05) is 6.66 Å². The number of rotatable bonds is 1. The van der Waals surface area contributed by atoms with Crippen LogP contribution in [0.2, 0.25) is 0 Å². The molecule has 2 heteroatoms. The van der Waals surface area contributed by atoms with Gasteiger partial charge < -0.3 is 4.34 Å². The summed E-state index contributed by atoms with van der Waals surface area (Å²) in [6, 6.07) is 8.55. The van der Waals surface area contributed by atoms with Gasteiger partial charge in [-0.3, -0.25) is 0 Å². The van der Waals surface area contributed by atoms with E-state index in [1.165, 1.54) is 16.5 Å². The van der Waals surface area contributed by atoms with Crippen LogP contribution in [0.1, 0.15) is 5.56 Å². The summed E-state index contributed by atoms with van der Waals surface area (Å²) in [5.74, 6) is 0. The highest BCUT2D eigenvalue weighted by Crippen LogP contribution is 2.25. The number of fused-ring (bicyclic) bond motifs is 1. The van der Waals surface area contributed by atoms with E-state index in [0.29, 0.717) is 0 Å². The summed E-state index contributed by atoms with van der Waals surface area (Å²) in [4.78, 5) is 0. The number of hydrogen-bond donors (Lipinski definition) is 0. The lowest BCUT2D eigenvalue weighted by Crippen LogP contribution is -1.76. The molecule has 0 bridgehead atoms. The van der Waals surface area contributed by atoms with E-state index in [1.807, 2.05) is 0 Å². The van der Waals surface area contributed by atoms with E-state index < -0.39 is 0 Å². The molecule has 0 fully saturated rings. The first-order chi connectivity index (χ1) is 5.83. The van der Waals surface area contributed by atoms with Crippen LogP contribution >= 0.6 is 8.73 Å². The molecule has 0 aliphatic rings. The molecule has 1 nitrogen and oxygen atoms in total. The van der Waals surface area contributed by atoms with Gasteiger partial charge in [0, 0.05) is 11.6 Å². The predicted molar refractivity (Wildman–Crippen MR) is 56.3 cm³/mol. The molecule has 1 aromatic carbocycles. The number of benzene rings is 1.